The van der Waals surface area contributed by atoms with Crippen LogP contribution >= 0.6 is 0 Å². The highest BCUT2D eigenvalue weighted by molar-refractivity contribution is 5.26. The zero-order valence-electron chi connectivity index (χ0n) is 12.2. The van der Waals surface area contributed by atoms with Gasteiger partial charge < -0.3 is 5.32 Å². The van der Waals surface area contributed by atoms with E-state index in [0.29, 0.717) is 11.6 Å². The van der Waals surface area contributed by atoms with Crippen molar-refractivity contribution in [3.8, 4) is 0 Å². The summed E-state index contributed by atoms with van der Waals surface area (Å²) >= 11 is 0. The van der Waals surface area contributed by atoms with Gasteiger partial charge in [-0.05, 0) is 42.0 Å². The minimum Gasteiger partial charge on any atom is -0.312 e. The highest BCUT2D eigenvalue weighted by Gasteiger charge is 2.31. The van der Waals surface area contributed by atoms with Gasteiger partial charge in [-0.2, -0.15) is 13.2 Å². The van der Waals surface area contributed by atoms with E-state index in [1.54, 1.807) is 0 Å². The highest BCUT2D eigenvalue weighted by Crippen LogP contribution is 2.35. The smallest absolute Gasteiger partial charge is 0.312 e. The maximum absolute atomic E-state index is 13.3. The van der Waals surface area contributed by atoms with Crippen LogP contribution in [0.4, 0.5) is 17.6 Å². The second kappa shape index (κ2) is 6.34. The predicted molar refractivity (Wildman–Crippen MR) is 74.3 cm³/mol. The first-order valence-corrected chi connectivity index (χ1v) is 7.36. The van der Waals surface area contributed by atoms with Gasteiger partial charge in [-0.15, -0.1) is 0 Å². The molecule has 0 unspecified atom stereocenters. The molecule has 1 aromatic rings. The third kappa shape index (κ3) is 4.70. The zero-order chi connectivity index (χ0) is 15.5. The lowest BCUT2D eigenvalue weighted by molar-refractivity contribution is -0.137. The molecule has 0 radical (unpaired) electrons. The van der Waals surface area contributed by atoms with Gasteiger partial charge in [0.1, 0.15) is 5.82 Å². The molecule has 1 nitrogen and oxygen atoms in total. The summed E-state index contributed by atoms with van der Waals surface area (Å²) in [6.07, 6.45) is 1.43. The van der Waals surface area contributed by atoms with Crippen molar-refractivity contribution in [2.45, 2.75) is 51.7 Å². The van der Waals surface area contributed by atoms with Crippen molar-refractivity contribution >= 4 is 0 Å². The maximum Gasteiger partial charge on any atom is 0.416 e. The lowest BCUT2D eigenvalue weighted by atomic mass is 9.76. The molecular formula is C16H21F4N. The van der Waals surface area contributed by atoms with Crippen molar-refractivity contribution in [1.82, 2.24) is 5.32 Å². The molecule has 1 aliphatic rings. The molecule has 1 N–H and O–H groups in total. The van der Waals surface area contributed by atoms with Gasteiger partial charge >= 0.3 is 6.18 Å². The summed E-state index contributed by atoms with van der Waals surface area (Å²) in [4.78, 5) is 0. The van der Waals surface area contributed by atoms with Gasteiger partial charge in [0.05, 0.1) is 5.56 Å². The Morgan fingerprint density at radius 2 is 1.76 bits per heavy atom. The van der Waals surface area contributed by atoms with Gasteiger partial charge in [0.15, 0.2) is 0 Å². The number of hydrogen-bond donors (Lipinski definition) is 1. The Labute approximate surface area is 122 Å². The van der Waals surface area contributed by atoms with Crippen molar-refractivity contribution in [3.05, 3.63) is 35.1 Å². The van der Waals surface area contributed by atoms with Crippen molar-refractivity contribution in [2.24, 2.45) is 5.41 Å². The van der Waals surface area contributed by atoms with Crippen LogP contribution in [0.15, 0.2) is 18.2 Å². The Hall–Kier alpha value is -1.10. The van der Waals surface area contributed by atoms with Crippen LogP contribution in [0.3, 0.4) is 0 Å². The largest absolute Gasteiger partial charge is 0.416 e. The summed E-state index contributed by atoms with van der Waals surface area (Å²) in [5.41, 5.74) is -0.386. The average Bonchev–Trinajstić information content (AvgIpc) is 2.37. The molecule has 0 aromatic heterocycles. The van der Waals surface area contributed by atoms with E-state index < -0.39 is 17.6 Å². The Balaban J connectivity index is 1.95. The number of benzene rings is 1. The zero-order valence-corrected chi connectivity index (χ0v) is 12.2. The lowest BCUT2D eigenvalue weighted by Gasteiger charge is -2.33. The van der Waals surface area contributed by atoms with Crippen LogP contribution in [-0.4, -0.2) is 6.54 Å². The average molecular weight is 303 g/mol. The number of nitrogens with one attached hydrogen (secondary N) is 1. The molecule has 118 valence electrons. The van der Waals surface area contributed by atoms with Crippen LogP contribution in [0.5, 0.6) is 0 Å². The van der Waals surface area contributed by atoms with Crippen LogP contribution in [0, 0.1) is 11.2 Å². The summed E-state index contributed by atoms with van der Waals surface area (Å²) in [5.74, 6) is -0.842. The van der Waals surface area contributed by atoms with Gasteiger partial charge in [0.2, 0.25) is 0 Å². The fourth-order valence-corrected chi connectivity index (χ4v) is 3.01. The molecule has 1 fully saturated rings. The quantitative estimate of drug-likeness (QED) is 0.780. The number of hydrogen-bond acceptors (Lipinski definition) is 1. The van der Waals surface area contributed by atoms with E-state index in [4.69, 9.17) is 0 Å². The van der Waals surface area contributed by atoms with E-state index in [0.717, 1.165) is 31.5 Å². The van der Waals surface area contributed by atoms with Gasteiger partial charge in [0, 0.05) is 13.1 Å². The fraction of sp³-hybridized carbons (Fsp3) is 0.625. The van der Waals surface area contributed by atoms with E-state index >= 15 is 0 Å². The second-order valence-electron chi connectivity index (χ2n) is 6.32. The van der Waals surface area contributed by atoms with E-state index in [2.05, 4.69) is 12.2 Å². The molecule has 1 saturated carbocycles. The minimum atomic E-state index is -4.51. The summed E-state index contributed by atoms with van der Waals surface area (Å²) in [6, 6.07) is 2.71. The number of halogens is 4. The summed E-state index contributed by atoms with van der Waals surface area (Å²) < 4.78 is 51.2. The molecule has 21 heavy (non-hydrogen) atoms. The Morgan fingerprint density at radius 3 is 2.38 bits per heavy atom. The maximum atomic E-state index is 13.3. The minimum absolute atomic E-state index is 0.207. The first-order chi connectivity index (χ1) is 9.78. The third-order valence-electron chi connectivity index (χ3n) is 4.23. The van der Waals surface area contributed by atoms with Crippen LogP contribution in [0.25, 0.3) is 0 Å². The number of rotatable bonds is 4. The normalized spacial score (nSPS) is 18.7. The predicted octanol–water partition coefficient (Wildman–Crippen LogP) is 4.90. The lowest BCUT2D eigenvalue weighted by Crippen LogP contribution is -2.33. The van der Waals surface area contributed by atoms with E-state index in [-0.39, 0.29) is 12.0 Å². The molecule has 0 saturated heterocycles. The summed E-state index contributed by atoms with van der Waals surface area (Å²) in [7, 11) is 0. The molecule has 2 rings (SSSR count). The molecule has 0 heterocycles. The Bertz CT molecular complexity index is 476. The van der Waals surface area contributed by atoms with Crippen molar-refractivity contribution < 1.29 is 17.6 Å². The first kappa shape index (κ1) is 16.3. The van der Waals surface area contributed by atoms with E-state index in [1.807, 2.05) is 0 Å². The van der Waals surface area contributed by atoms with Crippen LogP contribution in [0.2, 0.25) is 0 Å². The first-order valence-electron chi connectivity index (χ1n) is 7.36. The van der Waals surface area contributed by atoms with E-state index in [1.165, 1.54) is 19.3 Å². The highest BCUT2D eigenvalue weighted by atomic mass is 19.4. The molecule has 5 heteroatoms. The molecule has 1 aromatic carbocycles. The van der Waals surface area contributed by atoms with Gasteiger partial charge in [-0.1, -0.05) is 26.2 Å². The SMILES string of the molecule is CC1(CNCc2cc(F)cc(C(F)(F)F)c2)CCCCC1. The molecule has 0 atom stereocenters. The van der Waals surface area contributed by atoms with Crippen LogP contribution in [0.1, 0.15) is 50.2 Å². The van der Waals surface area contributed by atoms with Crippen molar-refractivity contribution in [1.29, 1.82) is 0 Å². The Morgan fingerprint density at radius 1 is 1.10 bits per heavy atom. The molecular weight excluding hydrogens is 282 g/mol. The number of alkyl halides is 3. The molecule has 1 aliphatic carbocycles. The van der Waals surface area contributed by atoms with Gasteiger partial charge in [-0.3, -0.25) is 0 Å². The van der Waals surface area contributed by atoms with Gasteiger partial charge in [0.25, 0.3) is 0 Å². The fourth-order valence-electron chi connectivity index (χ4n) is 3.01. The van der Waals surface area contributed by atoms with Crippen molar-refractivity contribution in [3.63, 3.8) is 0 Å². The molecule has 0 spiro atoms. The third-order valence-corrected chi connectivity index (χ3v) is 4.23. The van der Waals surface area contributed by atoms with Crippen molar-refractivity contribution in [2.75, 3.05) is 6.54 Å². The van der Waals surface area contributed by atoms with Gasteiger partial charge in [-0.25, -0.2) is 4.39 Å². The molecule has 0 aliphatic heterocycles. The monoisotopic (exact) mass is 303 g/mol. The molecule has 0 bridgehead atoms. The standard InChI is InChI=1S/C16H21F4N/c1-15(5-3-2-4-6-15)11-21-10-12-7-13(16(18,19)20)9-14(17)8-12/h7-9,21H,2-6,10-11H2,1H3. The summed E-state index contributed by atoms with van der Waals surface area (Å²) in [6.45, 7) is 3.22. The molecule has 0 amide bonds. The van der Waals surface area contributed by atoms with Crippen LogP contribution in [-0.2, 0) is 12.7 Å². The second-order valence-corrected chi connectivity index (χ2v) is 6.32. The Kier molecular flexibility index (Phi) is 4.91. The van der Waals surface area contributed by atoms with E-state index in [9.17, 15) is 17.6 Å². The topological polar surface area (TPSA) is 12.0 Å². The van der Waals surface area contributed by atoms with Crippen LogP contribution < -0.4 is 5.32 Å². The summed E-state index contributed by atoms with van der Waals surface area (Å²) in [5, 5.41) is 3.18.